The Balaban J connectivity index is 1.62. The Bertz CT molecular complexity index is 1110. The summed E-state index contributed by atoms with van der Waals surface area (Å²) in [7, 11) is 1.50. The molecule has 0 saturated carbocycles. The van der Waals surface area contributed by atoms with Gasteiger partial charge in [0.2, 0.25) is 5.91 Å². The number of rotatable bonds is 9. The average Bonchev–Trinajstić information content (AvgIpc) is 3.05. The topological polar surface area (TPSA) is 144 Å². The normalized spacial score (nSPS) is 15.7. The number of hydrogen-bond donors (Lipinski definition) is 1. The van der Waals surface area contributed by atoms with Gasteiger partial charge in [0.25, 0.3) is 0 Å². The van der Waals surface area contributed by atoms with E-state index in [4.69, 9.17) is 19.2 Å². The number of amides is 1. The molecule has 0 fully saturated rings. The van der Waals surface area contributed by atoms with Crippen molar-refractivity contribution >= 4 is 23.4 Å². The van der Waals surface area contributed by atoms with Crippen molar-refractivity contribution in [1.29, 1.82) is 0 Å². The summed E-state index contributed by atoms with van der Waals surface area (Å²) in [5.74, 6) is -1.03. The molecule has 0 spiro atoms. The quantitative estimate of drug-likeness (QED) is 0.140. The summed E-state index contributed by atoms with van der Waals surface area (Å²) < 4.78 is 12.3. The number of nitrogens with zero attached hydrogens (tertiary/aromatic N) is 3. The molecule has 0 radical (unpaired) electrons. The molecule has 12 nitrogen and oxygen atoms in total. The maximum atomic E-state index is 12.7. The van der Waals surface area contributed by atoms with Gasteiger partial charge in [0, 0.05) is 24.2 Å². The van der Waals surface area contributed by atoms with E-state index in [1.165, 1.54) is 17.9 Å². The highest BCUT2D eigenvalue weighted by Gasteiger charge is 2.34. The summed E-state index contributed by atoms with van der Waals surface area (Å²) in [5, 5.41) is 13.9. The fourth-order valence-electron chi connectivity index (χ4n) is 3.72. The molecular weight excluding hydrogens is 460 g/mol. The number of hydrogen-bond acceptors (Lipinski definition) is 9. The number of aromatic nitrogens is 2. The van der Waals surface area contributed by atoms with Crippen molar-refractivity contribution in [3.05, 3.63) is 45.4 Å². The summed E-state index contributed by atoms with van der Waals surface area (Å²) in [6, 6.07) is 3.52. The van der Waals surface area contributed by atoms with Crippen molar-refractivity contribution in [3.63, 3.8) is 0 Å². The van der Waals surface area contributed by atoms with Crippen molar-refractivity contribution in [2.24, 2.45) is 5.92 Å². The zero-order valence-corrected chi connectivity index (χ0v) is 20.5. The second-order valence-electron chi connectivity index (χ2n) is 9.09. The fraction of sp³-hybridized carbons (Fsp3) is 0.522. The van der Waals surface area contributed by atoms with Crippen LogP contribution < -0.4 is 10.1 Å². The first-order valence-corrected chi connectivity index (χ1v) is 11.1. The molecule has 1 amide bonds. The first-order chi connectivity index (χ1) is 16.5. The van der Waals surface area contributed by atoms with E-state index in [0.29, 0.717) is 35.7 Å². The minimum atomic E-state index is -0.911. The van der Waals surface area contributed by atoms with Crippen molar-refractivity contribution in [1.82, 2.24) is 9.55 Å². The number of carbonyl (C=O) groups is 2. The van der Waals surface area contributed by atoms with Gasteiger partial charge in [-0.05, 0) is 50.2 Å². The number of esters is 1. The van der Waals surface area contributed by atoms with Crippen LogP contribution in [0.1, 0.15) is 44.1 Å². The fourth-order valence-corrected chi connectivity index (χ4v) is 3.72. The van der Waals surface area contributed by atoms with Crippen LogP contribution in [0.4, 0.5) is 11.5 Å². The molecule has 0 saturated heterocycles. The van der Waals surface area contributed by atoms with Crippen molar-refractivity contribution < 1.29 is 33.8 Å². The van der Waals surface area contributed by atoms with E-state index in [1.54, 1.807) is 33.8 Å². The molecular formula is C23H30N4O8. The van der Waals surface area contributed by atoms with Gasteiger partial charge in [0.1, 0.15) is 43.2 Å². The number of carbonyl (C=O) groups excluding carboxylic acids is 2. The van der Waals surface area contributed by atoms with Crippen LogP contribution in [0, 0.1) is 23.0 Å². The minimum Gasteiger partial charge on any atom is -0.496 e. The molecule has 35 heavy (non-hydrogen) atoms. The molecule has 0 aliphatic carbocycles. The van der Waals surface area contributed by atoms with Gasteiger partial charge in [-0.15, -0.1) is 0 Å². The summed E-state index contributed by atoms with van der Waals surface area (Å²) in [4.78, 5) is 50.2. The molecule has 0 bridgehead atoms. The number of methoxy groups -OCH3 is 1. The van der Waals surface area contributed by atoms with Gasteiger partial charge in [-0.3, -0.25) is 9.59 Å². The summed E-state index contributed by atoms with van der Waals surface area (Å²) in [6.45, 7) is 7.24. The highest BCUT2D eigenvalue weighted by Crippen LogP contribution is 2.33. The van der Waals surface area contributed by atoms with Gasteiger partial charge in [-0.1, -0.05) is 0 Å². The van der Waals surface area contributed by atoms with Crippen LogP contribution in [0.3, 0.4) is 0 Å². The lowest BCUT2D eigenvalue weighted by Crippen LogP contribution is -2.35. The van der Waals surface area contributed by atoms with Gasteiger partial charge < -0.3 is 24.9 Å². The third-order valence-corrected chi connectivity index (χ3v) is 5.39. The van der Waals surface area contributed by atoms with Crippen LogP contribution in [0.2, 0.25) is 0 Å². The molecule has 1 N–H and O–H groups in total. The Hall–Kier alpha value is -3.51. The molecule has 3 rings (SSSR count). The molecule has 1 atom stereocenters. The largest absolute Gasteiger partial charge is 0.496 e. The molecule has 1 aromatic heterocycles. The predicted molar refractivity (Wildman–Crippen MR) is 124 cm³/mol. The van der Waals surface area contributed by atoms with Crippen LogP contribution >= 0.6 is 0 Å². The highest BCUT2D eigenvalue weighted by atomic mass is 17.2. The number of ether oxygens (including phenoxy) is 2. The Morgan fingerprint density at radius 3 is 2.71 bits per heavy atom. The van der Waals surface area contributed by atoms with E-state index in [9.17, 15) is 19.7 Å². The first-order valence-electron chi connectivity index (χ1n) is 11.1. The Morgan fingerprint density at radius 1 is 1.31 bits per heavy atom. The predicted octanol–water partition coefficient (Wildman–Crippen LogP) is 3.10. The third-order valence-electron chi connectivity index (χ3n) is 5.39. The molecule has 2 heterocycles. The Labute approximate surface area is 202 Å². The number of nitro groups is 1. The molecule has 1 aromatic carbocycles. The molecule has 1 aliphatic heterocycles. The van der Waals surface area contributed by atoms with Crippen molar-refractivity contribution in [2.45, 2.75) is 59.3 Å². The molecule has 12 heteroatoms. The monoisotopic (exact) mass is 490 g/mol. The maximum Gasteiger partial charge on any atom is 0.342 e. The minimum absolute atomic E-state index is 0.0465. The molecule has 1 aliphatic rings. The van der Waals surface area contributed by atoms with Crippen molar-refractivity contribution in [3.8, 4) is 5.75 Å². The summed E-state index contributed by atoms with van der Waals surface area (Å²) in [5.41, 5.74) is 1.38. The van der Waals surface area contributed by atoms with E-state index in [-0.39, 0.29) is 25.6 Å². The number of nitrogens with one attached hydrogen (secondary N) is 1. The van der Waals surface area contributed by atoms with Gasteiger partial charge >= 0.3 is 11.8 Å². The number of fused-ring (bicyclic) bond motifs is 1. The van der Waals surface area contributed by atoms with E-state index < -0.39 is 28.3 Å². The van der Waals surface area contributed by atoms with E-state index in [0.717, 1.165) is 5.56 Å². The standard InChI is InChI=1S/C23H30N4O8/c1-14-24-12-20(27(30)31)26(14)8-9-33-34-13-16-10-15-6-7-17(22(29)35-23(2,3)4)21(28)25-18(15)11-19(16)32-5/h10-12,17H,6-9,13H2,1-5H3,(H,25,28). The van der Waals surface area contributed by atoms with Gasteiger partial charge in [0.15, 0.2) is 5.82 Å². The number of anilines is 1. The maximum absolute atomic E-state index is 12.7. The van der Waals surface area contributed by atoms with Crippen LogP contribution in [0.5, 0.6) is 5.75 Å². The zero-order valence-electron chi connectivity index (χ0n) is 20.5. The van der Waals surface area contributed by atoms with Gasteiger partial charge in [-0.25, -0.2) is 19.3 Å². The Morgan fingerprint density at radius 2 is 2.06 bits per heavy atom. The van der Waals surface area contributed by atoms with E-state index in [1.807, 2.05) is 6.07 Å². The third kappa shape index (κ3) is 6.55. The van der Waals surface area contributed by atoms with Gasteiger partial charge in [0.05, 0.1) is 7.11 Å². The SMILES string of the molecule is COc1cc2c(cc1COOCCn1c([N+](=O)[O-])cnc1C)CCC(C(=O)OC(C)(C)C)C(=O)N2. The number of aryl methyl sites for hydroxylation is 2. The summed E-state index contributed by atoms with van der Waals surface area (Å²) in [6.07, 6.45) is 1.97. The molecule has 2 aromatic rings. The van der Waals surface area contributed by atoms with Gasteiger partial charge in [-0.2, -0.15) is 0 Å². The van der Waals surface area contributed by atoms with Crippen LogP contribution in [0.25, 0.3) is 0 Å². The van der Waals surface area contributed by atoms with E-state index in [2.05, 4.69) is 10.3 Å². The molecule has 190 valence electrons. The second kappa shape index (κ2) is 10.8. The highest BCUT2D eigenvalue weighted by molar-refractivity contribution is 6.05. The van der Waals surface area contributed by atoms with Crippen LogP contribution in [-0.2, 0) is 43.7 Å². The summed E-state index contributed by atoms with van der Waals surface area (Å²) >= 11 is 0. The second-order valence-corrected chi connectivity index (χ2v) is 9.09. The zero-order chi connectivity index (χ0) is 25.8. The lowest BCUT2D eigenvalue weighted by atomic mass is 9.99. The number of imidazole rings is 1. The number of benzene rings is 1. The lowest BCUT2D eigenvalue weighted by Gasteiger charge is -2.22. The van der Waals surface area contributed by atoms with Crippen LogP contribution in [-0.4, -0.2) is 45.7 Å². The Kier molecular flexibility index (Phi) is 8.07. The first kappa shape index (κ1) is 26.1. The van der Waals surface area contributed by atoms with Crippen LogP contribution in [0.15, 0.2) is 18.3 Å². The van der Waals surface area contributed by atoms with E-state index >= 15 is 0 Å². The van der Waals surface area contributed by atoms with Crippen molar-refractivity contribution in [2.75, 3.05) is 19.0 Å². The lowest BCUT2D eigenvalue weighted by molar-refractivity contribution is -0.392. The smallest absolute Gasteiger partial charge is 0.342 e. The molecule has 1 unspecified atom stereocenters. The average molecular weight is 491 g/mol.